The van der Waals surface area contributed by atoms with Crippen LogP contribution < -0.4 is 21.3 Å². The van der Waals surface area contributed by atoms with Crippen molar-refractivity contribution in [3.8, 4) is 0 Å². The smallest absolute Gasteiger partial charge is 0.224 e. The van der Waals surface area contributed by atoms with Gasteiger partial charge in [0.25, 0.3) is 0 Å². The van der Waals surface area contributed by atoms with Gasteiger partial charge in [-0.1, -0.05) is 316 Å². The summed E-state index contributed by atoms with van der Waals surface area (Å²) >= 11 is 2.01. The Bertz CT molecular complexity index is 2750. The van der Waals surface area contributed by atoms with Crippen LogP contribution in [0, 0.1) is 41.4 Å². The van der Waals surface area contributed by atoms with Gasteiger partial charge in [-0.15, -0.1) is 0 Å². The Labute approximate surface area is 577 Å². The number of aryl methyl sites for hydroxylation is 1. The van der Waals surface area contributed by atoms with Crippen molar-refractivity contribution in [2.45, 2.75) is 174 Å². The highest BCUT2D eigenvalue weighted by Crippen LogP contribution is 2.15. The van der Waals surface area contributed by atoms with Crippen molar-refractivity contribution in [2.75, 3.05) is 32.0 Å². The maximum absolute atomic E-state index is 11.5. The molecule has 4 N–H and O–H groups in total. The number of allylic oxidation sites excluding steroid dienone is 1. The summed E-state index contributed by atoms with van der Waals surface area (Å²) in [6.07, 6.45) is 7.01. The Morgan fingerprint density at radius 1 is 0.415 bits per heavy atom. The van der Waals surface area contributed by atoms with Gasteiger partial charge in [-0.25, -0.2) is 0 Å². The second-order valence-electron chi connectivity index (χ2n) is 26.7. The molecule has 94 heavy (non-hydrogen) atoms. The van der Waals surface area contributed by atoms with Crippen LogP contribution in [0.25, 0.3) is 0 Å². The molecule has 8 nitrogen and oxygen atoms in total. The lowest BCUT2D eigenvalue weighted by Gasteiger charge is -2.10. The van der Waals surface area contributed by atoms with Crippen LogP contribution in [-0.4, -0.2) is 49.6 Å². The molecule has 2 amide bonds. The first kappa shape index (κ1) is 85.0. The quantitative estimate of drug-likeness (QED) is 0.0311. The van der Waals surface area contributed by atoms with Crippen LogP contribution in [0.5, 0.6) is 0 Å². The van der Waals surface area contributed by atoms with E-state index >= 15 is 0 Å². The average molecular weight is 1300 g/mol. The molecule has 7 rings (SSSR count). The molecule has 0 saturated carbocycles. The summed E-state index contributed by atoms with van der Waals surface area (Å²) in [6.45, 7) is 40.3. The second-order valence-corrected chi connectivity index (χ2v) is 27.7. The van der Waals surface area contributed by atoms with E-state index in [9.17, 15) is 14.4 Å². The van der Waals surface area contributed by atoms with E-state index in [0.29, 0.717) is 49.3 Å². The van der Waals surface area contributed by atoms with Gasteiger partial charge < -0.3 is 26.0 Å². The maximum Gasteiger partial charge on any atom is 0.224 e. The molecule has 0 radical (unpaired) electrons. The lowest BCUT2D eigenvalue weighted by Crippen LogP contribution is -2.26. The van der Waals surface area contributed by atoms with Crippen molar-refractivity contribution in [1.82, 2.24) is 21.3 Å². The molecule has 0 fully saturated rings. The van der Waals surface area contributed by atoms with E-state index in [1.807, 2.05) is 149 Å². The second kappa shape index (κ2) is 56.3. The van der Waals surface area contributed by atoms with Crippen LogP contribution in [0.15, 0.2) is 225 Å². The molecule has 7 aromatic carbocycles. The molecule has 0 heterocycles. The van der Waals surface area contributed by atoms with E-state index in [-0.39, 0.29) is 17.7 Å². The van der Waals surface area contributed by atoms with E-state index < -0.39 is 0 Å². The van der Waals surface area contributed by atoms with Gasteiger partial charge in [-0.05, 0) is 112 Å². The van der Waals surface area contributed by atoms with Crippen LogP contribution in [-0.2, 0) is 63.8 Å². The van der Waals surface area contributed by atoms with E-state index in [2.05, 4.69) is 200 Å². The number of thioether (sulfide) groups is 1. The molecule has 0 aliphatic heterocycles. The highest BCUT2D eigenvalue weighted by atomic mass is 32.2. The van der Waals surface area contributed by atoms with Crippen molar-refractivity contribution >= 4 is 29.4 Å². The number of carbonyl (C=O) groups excluding carboxylic acids is 3. The predicted octanol–water partition coefficient (Wildman–Crippen LogP) is 20.2. The zero-order valence-corrected chi connectivity index (χ0v) is 61.3. The van der Waals surface area contributed by atoms with Gasteiger partial charge in [-0.2, -0.15) is 11.8 Å². The Kier molecular flexibility index (Phi) is 50.9. The van der Waals surface area contributed by atoms with Crippen LogP contribution in [0.1, 0.15) is 168 Å². The van der Waals surface area contributed by atoms with E-state index in [0.717, 1.165) is 99.0 Å². The first-order valence-electron chi connectivity index (χ1n) is 34.7. The van der Waals surface area contributed by atoms with E-state index in [1.54, 1.807) is 0 Å². The minimum atomic E-state index is 0.120. The molecule has 0 unspecified atom stereocenters. The van der Waals surface area contributed by atoms with Gasteiger partial charge in [-0.3, -0.25) is 14.4 Å². The molecular formula is C85H124N4O4S. The summed E-state index contributed by atoms with van der Waals surface area (Å²) in [4.78, 5) is 34.2. The van der Waals surface area contributed by atoms with Crippen molar-refractivity contribution < 1.29 is 19.1 Å². The number of hydrogen-bond acceptors (Lipinski definition) is 7. The number of ketones is 1. The fraction of sp³-hybridized carbons (Fsp3) is 0.447. The van der Waals surface area contributed by atoms with Crippen LogP contribution in [0.3, 0.4) is 0 Å². The molecule has 0 spiro atoms. The van der Waals surface area contributed by atoms with Gasteiger partial charge in [0.15, 0.2) is 0 Å². The Balaban J connectivity index is 0.000000550. The molecule has 0 bridgehead atoms. The molecular weight excluding hydrogens is 1170 g/mol. The monoisotopic (exact) mass is 1300 g/mol. The van der Waals surface area contributed by atoms with E-state index in [1.165, 1.54) is 46.4 Å². The SMILES string of the molecule is C=C(Cc1ccccc1)NCCC(C)C.CC(C)C(=O)CCc1ccccc1.CC(C)CC(=O)NCc1ccccc1.CC(C)CCCNC(=O)Cc1ccccc1.CC(C)CNCc1ccccc1.CC(C)COCc1ccccc1.CC(C)CSCc1ccccc1. The van der Waals surface area contributed by atoms with E-state index in [4.69, 9.17) is 4.74 Å². The largest absolute Gasteiger partial charge is 0.389 e. The number of rotatable bonds is 32. The minimum absolute atomic E-state index is 0.120. The Morgan fingerprint density at radius 2 is 0.851 bits per heavy atom. The molecule has 0 aromatic heterocycles. The number of Topliss-reactive ketones (excluding diaryl/α,β-unsaturated/α-hetero) is 1. The van der Waals surface area contributed by atoms with Gasteiger partial charge in [0, 0.05) is 69.4 Å². The first-order chi connectivity index (χ1) is 45.1. The van der Waals surface area contributed by atoms with Crippen molar-refractivity contribution in [2.24, 2.45) is 41.4 Å². The highest BCUT2D eigenvalue weighted by molar-refractivity contribution is 7.98. The number of hydrogen-bond donors (Lipinski definition) is 4. The fourth-order valence-electron chi connectivity index (χ4n) is 8.54. The average Bonchev–Trinajstić information content (AvgIpc) is 3.72. The van der Waals surface area contributed by atoms with Gasteiger partial charge >= 0.3 is 0 Å². The number of benzene rings is 7. The number of carbonyl (C=O) groups is 3. The summed E-state index contributed by atoms with van der Waals surface area (Å²) in [5.41, 5.74) is 9.94. The van der Waals surface area contributed by atoms with Crippen LogP contribution >= 0.6 is 11.8 Å². The zero-order chi connectivity index (χ0) is 69.4. The normalized spacial score (nSPS) is 10.4. The summed E-state index contributed by atoms with van der Waals surface area (Å²) in [5.74, 6) is 7.22. The first-order valence-corrected chi connectivity index (χ1v) is 35.9. The Morgan fingerprint density at radius 3 is 1.29 bits per heavy atom. The van der Waals surface area contributed by atoms with Crippen molar-refractivity contribution in [3.05, 3.63) is 264 Å². The summed E-state index contributed by atoms with van der Waals surface area (Å²) in [7, 11) is 0. The van der Waals surface area contributed by atoms with Crippen molar-refractivity contribution in [3.63, 3.8) is 0 Å². The third-order valence-electron chi connectivity index (χ3n) is 13.8. The number of amides is 2. The maximum atomic E-state index is 11.5. The fourth-order valence-corrected chi connectivity index (χ4v) is 9.56. The minimum Gasteiger partial charge on any atom is -0.389 e. The molecule has 7 aromatic rings. The number of ether oxygens (including phenoxy) is 1. The zero-order valence-electron chi connectivity index (χ0n) is 60.5. The summed E-state index contributed by atoms with van der Waals surface area (Å²) in [5, 5.41) is 12.6. The summed E-state index contributed by atoms with van der Waals surface area (Å²) in [6, 6.07) is 71.8. The lowest BCUT2D eigenvalue weighted by atomic mass is 10.0. The van der Waals surface area contributed by atoms with Gasteiger partial charge in [0.05, 0.1) is 13.0 Å². The molecule has 0 aliphatic carbocycles. The van der Waals surface area contributed by atoms with Gasteiger partial charge in [0.1, 0.15) is 5.78 Å². The highest BCUT2D eigenvalue weighted by Gasteiger charge is 2.08. The van der Waals surface area contributed by atoms with Crippen LogP contribution in [0.2, 0.25) is 0 Å². The van der Waals surface area contributed by atoms with Crippen LogP contribution in [0.4, 0.5) is 0 Å². The molecule has 9 heteroatoms. The molecule has 0 atom stereocenters. The molecule has 0 aliphatic rings. The topological polar surface area (TPSA) is 109 Å². The summed E-state index contributed by atoms with van der Waals surface area (Å²) < 4.78 is 5.48. The third-order valence-corrected chi connectivity index (χ3v) is 15.2. The molecule has 514 valence electrons. The standard InChI is InChI=1S/C14H21NO.C14H21N.C12H17NO.C12H16O.C11H17N.C11H16O.C11H16S/c1-12(2)7-6-10-15-14(16)11-13-8-4-3-5-9-13;1-12(2)9-10-15-13(3)11-14-7-5-4-6-8-14;1-10(2)8-12(14)13-9-11-6-4-3-5-7-11;1-10(2)12(13)9-8-11-6-4-3-5-7-11;3*1-10(2)8-12-9-11-6-4-3-5-7-11/h3-5,8-9,12H,6-7,10-11H2,1-2H3,(H,15,16);4-8,12,15H,3,9-11H2,1-2H3;3-7,10H,8-9H2,1-2H3,(H,13,14);3-7,10H,8-9H2,1-2H3;3-7,10,12H,8-9H2,1-2H3;2*3-7,10H,8-9H2,1-2H3. The van der Waals surface area contributed by atoms with Gasteiger partial charge in [0.2, 0.25) is 11.8 Å². The predicted molar refractivity (Wildman–Crippen MR) is 408 cm³/mol. The van der Waals surface area contributed by atoms with Crippen molar-refractivity contribution in [1.29, 1.82) is 0 Å². The molecule has 0 saturated heterocycles. The lowest BCUT2D eigenvalue weighted by molar-refractivity contribution is -0.122. The Hall–Kier alpha value is -7.04. The number of nitrogens with one attached hydrogen (secondary N) is 4. The third kappa shape index (κ3) is 53.3.